The van der Waals surface area contributed by atoms with Crippen LogP contribution >= 0.6 is 0 Å². The SMILES string of the molecule is COC(=O)C1=C(C(=O)OC)N(c2ccc(OCCCN3CCCCC3)c(OC)c2)COC1. The van der Waals surface area contributed by atoms with Gasteiger partial charge in [0.05, 0.1) is 40.1 Å². The summed E-state index contributed by atoms with van der Waals surface area (Å²) in [7, 11) is 4.08. The van der Waals surface area contributed by atoms with E-state index >= 15 is 0 Å². The molecular weight excluding hydrogens is 416 g/mol. The minimum atomic E-state index is -0.647. The molecule has 0 atom stereocenters. The van der Waals surface area contributed by atoms with Gasteiger partial charge in [-0.3, -0.25) is 0 Å². The van der Waals surface area contributed by atoms with Crippen molar-refractivity contribution in [1.29, 1.82) is 0 Å². The molecule has 1 aromatic rings. The molecular formula is C23H32N2O7. The number of piperidine rings is 1. The van der Waals surface area contributed by atoms with E-state index in [9.17, 15) is 9.59 Å². The largest absolute Gasteiger partial charge is 0.493 e. The lowest BCUT2D eigenvalue weighted by Gasteiger charge is -2.31. The minimum Gasteiger partial charge on any atom is -0.493 e. The Balaban J connectivity index is 1.73. The molecule has 0 bridgehead atoms. The number of anilines is 1. The molecule has 2 aliphatic heterocycles. The Morgan fingerprint density at radius 3 is 2.44 bits per heavy atom. The summed E-state index contributed by atoms with van der Waals surface area (Å²) in [4.78, 5) is 28.7. The van der Waals surface area contributed by atoms with Crippen molar-refractivity contribution in [3.05, 3.63) is 29.5 Å². The fourth-order valence-electron chi connectivity index (χ4n) is 3.94. The fraction of sp³-hybridized carbons (Fsp3) is 0.565. The molecule has 0 unspecified atom stereocenters. The first kappa shape index (κ1) is 23.9. The van der Waals surface area contributed by atoms with Crippen LogP contribution < -0.4 is 14.4 Å². The van der Waals surface area contributed by atoms with E-state index in [1.54, 1.807) is 30.2 Å². The van der Waals surface area contributed by atoms with Gasteiger partial charge in [0.25, 0.3) is 0 Å². The summed E-state index contributed by atoms with van der Waals surface area (Å²) in [5, 5.41) is 0. The van der Waals surface area contributed by atoms with Gasteiger partial charge < -0.3 is 33.5 Å². The van der Waals surface area contributed by atoms with Gasteiger partial charge in [-0.05, 0) is 44.5 Å². The molecule has 0 saturated carbocycles. The van der Waals surface area contributed by atoms with E-state index in [0.29, 0.717) is 23.8 Å². The van der Waals surface area contributed by atoms with Gasteiger partial charge in [0, 0.05) is 18.3 Å². The minimum absolute atomic E-state index is 0.0387. The second-order valence-corrected chi connectivity index (χ2v) is 7.66. The Kier molecular flexibility index (Phi) is 8.75. The summed E-state index contributed by atoms with van der Waals surface area (Å²) in [6, 6.07) is 5.32. The second kappa shape index (κ2) is 11.7. The standard InChI is InChI=1S/C23H32N2O7/c1-28-20-14-17(8-9-19(20)32-13-7-12-24-10-5-4-6-11-24)25-16-31-15-18(22(26)29-2)21(25)23(27)30-3/h8-9,14H,4-7,10-13,15-16H2,1-3H3. The quantitative estimate of drug-likeness (QED) is 0.417. The molecule has 176 valence electrons. The van der Waals surface area contributed by atoms with Crippen molar-refractivity contribution in [2.45, 2.75) is 25.7 Å². The van der Waals surface area contributed by atoms with Crippen LogP contribution in [-0.2, 0) is 23.8 Å². The van der Waals surface area contributed by atoms with Crippen LogP contribution in [0.2, 0.25) is 0 Å². The number of likely N-dealkylation sites (tertiary alicyclic amines) is 1. The molecule has 0 aromatic heterocycles. The van der Waals surface area contributed by atoms with Crippen LogP contribution in [0, 0.1) is 0 Å². The number of benzene rings is 1. The van der Waals surface area contributed by atoms with Crippen LogP contribution in [-0.4, -0.2) is 77.7 Å². The first-order valence-corrected chi connectivity index (χ1v) is 10.9. The summed E-state index contributed by atoms with van der Waals surface area (Å²) in [6.45, 7) is 3.97. The number of methoxy groups -OCH3 is 3. The highest BCUT2D eigenvalue weighted by Gasteiger charge is 2.32. The lowest BCUT2D eigenvalue weighted by atomic mass is 10.1. The normalized spacial score (nSPS) is 17.2. The number of nitrogens with zero attached hydrogens (tertiary/aromatic N) is 2. The predicted molar refractivity (Wildman–Crippen MR) is 118 cm³/mol. The van der Waals surface area contributed by atoms with Gasteiger partial charge in [0.2, 0.25) is 0 Å². The number of hydrogen-bond acceptors (Lipinski definition) is 9. The first-order valence-electron chi connectivity index (χ1n) is 10.9. The number of carbonyl (C=O) groups excluding carboxylic acids is 2. The Hall–Kier alpha value is -2.78. The topological polar surface area (TPSA) is 86.8 Å². The Bertz CT molecular complexity index is 834. The van der Waals surface area contributed by atoms with Gasteiger partial charge in [-0.25, -0.2) is 9.59 Å². The van der Waals surface area contributed by atoms with E-state index in [1.165, 1.54) is 46.6 Å². The van der Waals surface area contributed by atoms with Crippen molar-refractivity contribution < 1.29 is 33.3 Å². The number of esters is 2. The molecule has 0 spiro atoms. The molecule has 0 aliphatic carbocycles. The molecule has 1 fully saturated rings. The Morgan fingerprint density at radius 1 is 1.00 bits per heavy atom. The van der Waals surface area contributed by atoms with Gasteiger partial charge in [-0.15, -0.1) is 0 Å². The molecule has 0 radical (unpaired) electrons. The smallest absolute Gasteiger partial charge is 0.355 e. The molecule has 3 rings (SSSR count). The van der Waals surface area contributed by atoms with Crippen LogP contribution in [0.4, 0.5) is 5.69 Å². The van der Waals surface area contributed by atoms with E-state index in [0.717, 1.165) is 13.0 Å². The average molecular weight is 449 g/mol. The zero-order valence-electron chi connectivity index (χ0n) is 19.1. The highest BCUT2D eigenvalue weighted by atomic mass is 16.5. The molecule has 0 amide bonds. The van der Waals surface area contributed by atoms with E-state index in [4.69, 9.17) is 23.7 Å². The summed E-state index contributed by atoms with van der Waals surface area (Å²) >= 11 is 0. The summed E-state index contributed by atoms with van der Waals surface area (Å²) in [5.74, 6) is -0.152. The maximum absolute atomic E-state index is 12.5. The molecule has 1 saturated heterocycles. The van der Waals surface area contributed by atoms with Gasteiger partial charge in [-0.2, -0.15) is 0 Å². The lowest BCUT2D eigenvalue weighted by Crippen LogP contribution is -2.38. The van der Waals surface area contributed by atoms with Crippen molar-refractivity contribution in [2.75, 3.05) is 65.8 Å². The zero-order chi connectivity index (χ0) is 22.9. The van der Waals surface area contributed by atoms with Crippen LogP contribution in [0.15, 0.2) is 29.5 Å². The monoisotopic (exact) mass is 448 g/mol. The molecule has 9 heteroatoms. The fourth-order valence-corrected chi connectivity index (χ4v) is 3.94. The Morgan fingerprint density at radius 2 is 1.75 bits per heavy atom. The maximum Gasteiger partial charge on any atom is 0.355 e. The molecule has 32 heavy (non-hydrogen) atoms. The first-order chi connectivity index (χ1) is 15.6. The van der Waals surface area contributed by atoms with Gasteiger partial charge >= 0.3 is 11.9 Å². The third kappa shape index (κ3) is 5.72. The van der Waals surface area contributed by atoms with Crippen molar-refractivity contribution in [3.8, 4) is 11.5 Å². The molecule has 0 N–H and O–H groups in total. The third-order valence-electron chi connectivity index (χ3n) is 5.62. The number of ether oxygens (including phenoxy) is 5. The predicted octanol–water partition coefficient (Wildman–Crippen LogP) is 2.34. The van der Waals surface area contributed by atoms with Crippen molar-refractivity contribution in [3.63, 3.8) is 0 Å². The Labute approximate surface area is 188 Å². The molecule has 2 heterocycles. The van der Waals surface area contributed by atoms with E-state index in [1.807, 2.05) is 0 Å². The molecule has 9 nitrogen and oxygen atoms in total. The van der Waals surface area contributed by atoms with Crippen LogP contribution in [0.25, 0.3) is 0 Å². The van der Waals surface area contributed by atoms with E-state index < -0.39 is 11.9 Å². The maximum atomic E-state index is 12.5. The third-order valence-corrected chi connectivity index (χ3v) is 5.62. The summed E-state index contributed by atoms with van der Waals surface area (Å²) in [6.07, 6.45) is 4.81. The second-order valence-electron chi connectivity index (χ2n) is 7.66. The molecule has 2 aliphatic rings. The van der Waals surface area contributed by atoms with Gasteiger partial charge in [-0.1, -0.05) is 6.42 Å². The summed E-state index contributed by atoms with van der Waals surface area (Å²) < 4.78 is 26.7. The number of carbonyl (C=O) groups is 2. The van der Waals surface area contributed by atoms with Crippen LogP contribution in [0.5, 0.6) is 11.5 Å². The highest BCUT2D eigenvalue weighted by Crippen LogP contribution is 2.35. The van der Waals surface area contributed by atoms with Crippen LogP contribution in [0.1, 0.15) is 25.7 Å². The zero-order valence-corrected chi connectivity index (χ0v) is 19.1. The number of hydrogen-bond donors (Lipinski definition) is 0. The average Bonchev–Trinajstić information content (AvgIpc) is 2.85. The van der Waals surface area contributed by atoms with Gasteiger partial charge in [0.1, 0.15) is 12.4 Å². The van der Waals surface area contributed by atoms with E-state index in [2.05, 4.69) is 4.90 Å². The lowest BCUT2D eigenvalue weighted by molar-refractivity contribution is -0.140. The summed E-state index contributed by atoms with van der Waals surface area (Å²) in [5.41, 5.74) is 0.787. The van der Waals surface area contributed by atoms with E-state index in [-0.39, 0.29) is 24.6 Å². The molecule has 1 aromatic carbocycles. The van der Waals surface area contributed by atoms with Gasteiger partial charge in [0.15, 0.2) is 11.5 Å². The van der Waals surface area contributed by atoms with Crippen LogP contribution in [0.3, 0.4) is 0 Å². The van der Waals surface area contributed by atoms with Crippen molar-refractivity contribution in [1.82, 2.24) is 4.90 Å². The van der Waals surface area contributed by atoms with Crippen molar-refractivity contribution >= 4 is 17.6 Å². The number of rotatable bonds is 9. The van der Waals surface area contributed by atoms with Crippen molar-refractivity contribution in [2.24, 2.45) is 0 Å². The highest BCUT2D eigenvalue weighted by molar-refractivity contribution is 6.03.